The molecule has 1 saturated heterocycles. The SMILES string of the molecule is CCC=C(C=CCn1nnc2cnc(Nc3cnn(C4CCOCC4)c3)nc21)OC. The van der Waals surface area contributed by atoms with Crippen molar-refractivity contribution in [2.75, 3.05) is 25.6 Å². The molecule has 3 aromatic heterocycles. The van der Waals surface area contributed by atoms with Crippen LogP contribution < -0.4 is 5.32 Å². The fourth-order valence-corrected chi connectivity index (χ4v) is 3.33. The quantitative estimate of drug-likeness (QED) is 0.446. The maximum Gasteiger partial charge on any atom is 0.229 e. The highest BCUT2D eigenvalue weighted by Crippen LogP contribution is 2.22. The first kappa shape index (κ1) is 20.0. The lowest BCUT2D eigenvalue weighted by molar-refractivity contribution is 0.0662. The summed E-state index contributed by atoms with van der Waals surface area (Å²) in [6.45, 7) is 4.15. The van der Waals surface area contributed by atoms with E-state index in [4.69, 9.17) is 9.47 Å². The fourth-order valence-electron chi connectivity index (χ4n) is 3.33. The van der Waals surface area contributed by atoms with E-state index in [1.807, 2.05) is 29.1 Å². The Hall–Kier alpha value is -3.27. The van der Waals surface area contributed by atoms with Crippen LogP contribution in [0.1, 0.15) is 32.2 Å². The van der Waals surface area contributed by atoms with Gasteiger partial charge in [0.2, 0.25) is 5.95 Å². The smallest absolute Gasteiger partial charge is 0.229 e. The minimum atomic E-state index is 0.369. The Kier molecular flexibility index (Phi) is 6.33. The van der Waals surface area contributed by atoms with Gasteiger partial charge in [0.15, 0.2) is 11.2 Å². The number of anilines is 2. The van der Waals surface area contributed by atoms with E-state index in [0.29, 0.717) is 29.7 Å². The van der Waals surface area contributed by atoms with E-state index in [-0.39, 0.29) is 0 Å². The second-order valence-corrected chi connectivity index (χ2v) is 6.97. The first-order chi connectivity index (χ1) is 14.8. The molecule has 1 aliphatic heterocycles. The summed E-state index contributed by atoms with van der Waals surface area (Å²) in [5, 5.41) is 16.0. The van der Waals surface area contributed by atoms with Gasteiger partial charge in [0.05, 0.1) is 37.8 Å². The summed E-state index contributed by atoms with van der Waals surface area (Å²) in [5.41, 5.74) is 2.14. The molecule has 0 atom stereocenters. The first-order valence-electron chi connectivity index (χ1n) is 10.1. The lowest BCUT2D eigenvalue weighted by atomic mass is 10.1. The molecule has 10 heteroatoms. The monoisotopic (exact) mass is 410 g/mol. The summed E-state index contributed by atoms with van der Waals surface area (Å²) in [5.74, 6) is 1.30. The number of ether oxygens (including phenoxy) is 2. The number of allylic oxidation sites excluding steroid dienone is 3. The lowest BCUT2D eigenvalue weighted by Crippen LogP contribution is -2.19. The van der Waals surface area contributed by atoms with Crippen LogP contribution in [0.15, 0.2) is 42.6 Å². The van der Waals surface area contributed by atoms with Crippen LogP contribution in [0, 0.1) is 0 Å². The van der Waals surface area contributed by atoms with Gasteiger partial charge in [-0.05, 0) is 31.4 Å². The molecule has 3 aromatic rings. The zero-order chi connectivity index (χ0) is 20.8. The van der Waals surface area contributed by atoms with Crippen LogP contribution >= 0.6 is 0 Å². The molecule has 4 rings (SSSR count). The van der Waals surface area contributed by atoms with E-state index >= 15 is 0 Å². The second kappa shape index (κ2) is 9.49. The molecule has 0 bridgehead atoms. The second-order valence-electron chi connectivity index (χ2n) is 6.97. The Morgan fingerprint density at radius 2 is 2.20 bits per heavy atom. The molecular formula is C20H26N8O2. The molecule has 1 fully saturated rings. The van der Waals surface area contributed by atoms with E-state index in [0.717, 1.165) is 43.9 Å². The third-order valence-electron chi connectivity index (χ3n) is 4.88. The van der Waals surface area contributed by atoms with Gasteiger partial charge in [0, 0.05) is 19.4 Å². The van der Waals surface area contributed by atoms with Crippen LogP contribution in [0.25, 0.3) is 11.2 Å². The molecular weight excluding hydrogens is 384 g/mol. The van der Waals surface area contributed by atoms with Crippen molar-refractivity contribution in [1.82, 2.24) is 34.7 Å². The molecule has 0 saturated carbocycles. The highest BCUT2D eigenvalue weighted by molar-refractivity contribution is 5.70. The normalized spacial score (nSPS) is 15.9. The number of fused-ring (bicyclic) bond motifs is 1. The standard InChI is InChI=1S/C20H26N8O2/c1-3-5-17(29-2)6-4-9-27-19-18(25-26-27)13-21-20(24-19)23-15-12-22-28(14-15)16-7-10-30-11-8-16/h4-6,12-14,16H,3,7-11H2,1-2H3,(H,21,23,24). The fraction of sp³-hybridized carbons (Fsp3) is 0.450. The van der Waals surface area contributed by atoms with Crippen LogP contribution in [-0.2, 0) is 16.0 Å². The van der Waals surface area contributed by atoms with Crippen LogP contribution in [0.3, 0.4) is 0 Å². The lowest BCUT2D eigenvalue weighted by Gasteiger charge is -2.22. The Bertz CT molecular complexity index is 1030. The molecule has 0 aliphatic carbocycles. The van der Waals surface area contributed by atoms with Gasteiger partial charge < -0.3 is 14.8 Å². The molecule has 4 heterocycles. The average molecular weight is 410 g/mol. The zero-order valence-electron chi connectivity index (χ0n) is 17.2. The molecule has 0 unspecified atom stereocenters. The molecule has 0 spiro atoms. The average Bonchev–Trinajstić information content (AvgIpc) is 3.41. The maximum absolute atomic E-state index is 5.42. The van der Waals surface area contributed by atoms with Crippen molar-refractivity contribution < 1.29 is 9.47 Å². The van der Waals surface area contributed by atoms with Crippen LogP contribution in [0.5, 0.6) is 0 Å². The zero-order valence-corrected chi connectivity index (χ0v) is 17.2. The van der Waals surface area contributed by atoms with Crippen molar-refractivity contribution >= 4 is 22.8 Å². The van der Waals surface area contributed by atoms with Crippen molar-refractivity contribution in [1.29, 1.82) is 0 Å². The Morgan fingerprint density at radius 3 is 3.00 bits per heavy atom. The third-order valence-corrected chi connectivity index (χ3v) is 4.88. The molecule has 0 radical (unpaired) electrons. The molecule has 10 nitrogen and oxygen atoms in total. The summed E-state index contributed by atoms with van der Waals surface area (Å²) >= 11 is 0. The van der Waals surface area contributed by atoms with Crippen molar-refractivity contribution in [3.05, 3.63) is 42.6 Å². The molecule has 0 amide bonds. The van der Waals surface area contributed by atoms with Gasteiger partial charge in [-0.15, -0.1) is 5.10 Å². The van der Waals surface area contributed by atoms with Crippen molar-refractivity contribution in [3.8, 4) is 0 Å². The topological polar surface area (TPSA) is 105 Å². The Morgan fingerprint density at radius 1 is 1.33 bits per heavy atom. The Balaban J connectivity index is 1.47. The van der Waals surface area contributed by atoms with Crippen LogP contribution in [-0.4, -0.2) is 55.1 Å². The van der Waals surface area contributed by atoms with E-state index < -0.39 is 0 Å². The van der Waals surface area contributed by atoms with Gasteiger partial charge in [-0.25, -0.2) is 9.67 Å². The predicted molar refractivity (Wildman–Crippen MR) is 112 cm³/mol. The summed E-state index contributed by atoms with van der Waals surface area (Å²) in [7, 11) is 1.66. The molecule has 158 valence electrons. The number of aromatic nitrogens is 7. The number of methoxy groups -OCH3 is 1. The largest absolute Gasteiger partial charge is 0.497 e. The highest BCUT2D eigenvalue weighted by Gasteiger charge is 2.17. The van der Waals surface area contributed by atoms with E-state index in [2.05, 4.69) is 37.6 Å². The van der Waals surface area contributed by atoms with Gasteiger partial charge in [-0.3, -0.25) is 4.68 Å². The number of nitrogens with one attached hydrogen (secondary N) is 1. The van der Waals surface area contributed by atoms with Crippen LogP contribution in [0.4, 0.5) is 11.6 Å². The van der Waals surface area contributed by atoms with Gasteiger partial charge >= 0.3 is 0 Å². The molecule has 1 N–H and O–H groups in total. The minimum Gasteiger partial charge on any atom is -0.497 e. The van der Waals surface area contributed by atoms with Gasteiger partial charge in [0.25, 0.3) is 0 Å². The van der Waals surface area contributed by atoms with Crippen molar-refractivity contribution in [2.24, 2.45) is 0 Å². The summed E-state index contributed by atoms with van der Waals surface area (Å²) in [4.78, 5) is 8.93. The van der Waals surface area contributed by atoms with Crippen molar-refractivity contribution in [3.63, 3.8) is 0 Å². The van der Waals surface area contributed by atoms with Gasteiger partial charge in [-0.1, -0.05) is 18.2 Å². The third kappa shape index (κ3) is 4.65. The van der Waals surface area contributed by atoms with Crippen molar-refractivity contribution in [2.45, 2.75) is 38.8 Å². The van der Waals surface area contributed by atoms with E-state index in [1.165, 1.54) is 0 Å². The minimum absolute atomic E-state index is 0.369. The van der Waals surface area contributed by atoms with Crippen LogP contribution in [0.2, 0.25) is 0 Å². The highest BCUT2D eigenvalue weighted by atomic mass is 16.5. The molecule has 0 aromatic carbocycles. The molecule has 30 heavy (non-hydrogen) atoms. The predicted octanol–water partition coefficient (Wildman–Crippen LogP) is 3.01. The molecule has 1 aliphatic rings. The number of hydrogen-bond acceptors (Lipinski definition) is 8. The summed E-state index contributed by atoms with van der Waals surface area (Å²) < 4.78 is 14.4. The number of rotatable bonds is 8. The Labute approximate surface area is 174 Å². The van der Waals surface area contributed by atoms with E-state index in [9.17, 15) is 0 Å². The van der Waals surface area contributed by atoms with E-state index in [1.54, 1.807) is 24.2 Å². The van der Waals surface area contributed by atoms with Gasteiger partial charge in [0.1, 0.15) is 5.76 Å². The van der Waals surface area contributed by atoms with Gasteiger partial charge in [-0.2, -0.15) is 10.1 Å². The summed E-state index contributed by atoms with van der Waals surface area (Å²) in [6, 6.07) is 0.369. The summed E-state index contributed by atoms with van der Waals surface area (Å²) in [6.07, 6.45) is 14.2. The first-order valence-corrected chi connectivity index (χ1v) is 10.1. The maximum atomic E-state index is 5.42. The number of nitrogens with zero attached hydrogens (tertiary/aromatic N) is 7. The number of hydrogen-bond donors (Lipinski definition) is 1.